The third-order valence-electron chi connectivity index (χ3n) is 3.84. The molecule has 6 nitrogen and oxygen atoms in total. The molecule has 0 unspecified atom stereocenters. The van der Waals surface area contributed by atoms with Crippen LogP contribution in [0.2, 0.25) is 10.0 Å². The van der Waals surface area contributed by atoms with Crippen molar-refractivity contribution in [3.8, 4) is 5.75 Å². The Bertz CT molecular complexity index is 1060. The number of allylic oxidation sites excluding steroid dienone is 1. The molecule has 1 amide bonds. The molecule has 156 valence electrons. The first-order valence-corrected chi connectivity index (χ1v) is 10.5. The minimum absolute atomic E-state index is 0.0270. The van der Waals surface area contributed by atoms with Crippen LogP contribution >= 0.6 is 35.0 Å². The first-order chi connectivity index (χ1) is 14.5. The van der Waals surface area contributed by atoms with E-state index in [9.17, 15) is 9.18 Å². The van der Waals surface area contributed by atoms with Crippen molar-refractivity contribution < 1.29 is 13.9 Å². The van der Waals surface area contributed by atoms with E-state index < -0.39 is 5.82 Å². The number of nitrogens with one attached hydrogen (secondary N) is 1. The number of hydrogen-bond donors (Lipinski definition) is 1. The fourth-order valence-corrected chi connectivity index (χ4v) is 3.56. The predicted molar refractivity (Wildman–Crippen MR) is 117 cm³/mol. The van der Waals surface area contributed by atoms with E-state index in [4.69, 9.17) is 27.9 Å². The van der Waals surface area contributed by atoms with Crippen molar-refractivity contribution in [1.29, 1.82) is 0 Å². The Balaban J connectivity index is 1.63. The normalized spacial score (nSPS) is 10.6. The third-order valence-corrected chi connectivity index (χ3v) is 5.43. The number of carbonyl (C=O) groups excluding carboxylic acids is 1. The lowest BCUT2D eigenvalue weighted by atomic mass is 10.3. The fourth-order valence-electron chi connectivity index (χ4n) is 2.44. The summed E-state index contributed by atoms with van der Waals surface area (Å²) in [5.41, 5.74) is 0.546. The van der Waals surface area contributed by atoms with Gasteiger partial charge in [-0.15, -0.1) is 16.8 Å². The molecule has 2 aromatic carbocycles. The molecule has 0 atom stereocenters. The molecule has 0 aliphatic heterocycles. The molecule has 1 N–H and O–H groups in total. The van der Waals surface area contributed by atoms with Crippen LogP contribution in [-0.4, -0.2) is 26.4 Å². The summed E-state index contributed by atoms with van der Waals surface area (Å²) in [5, 5.41) is 12.0. The van der Waals surface area contributed by atoms with Crippen LogP contribution in [0, 0.1) is 5.82 Å². The number of para-hydroxylation sites is 1. The standard InChI is InChI=1S/C20H17Cl2FN4O2S/c1-2-9-27-18(11-29-13-7-8-16(23)15(22)10-13)25-26-20(27)30-12-19(28)24-17-6-4-3-5-14(17)21/h2-8,10H,1,9,11-12H2,(H,24,28). The third kappa shape index (κ3) is 5.75. The van der Waals surface area contributed by atoms with Crippen molar-refractivity contribution in [3.63, 3.8) is 0 Å². The molecule has 0 saturated heterocycles. The molecule has 0 spiro atoms. The number of nitrogens with zero attached hydrogens (tertiary/aromatic N) is 3. The summed E-state index contributed by atoms with van der Waals surface area (Å²) < 4.78 is 20.7. The summed E-state index contributed by atoms with van der Waals surface area (Å²) in [4.78, 5) is 12.2. The first kappa shape index (κ1) is 22.1. The van der Waals surface area contributed by atoms with Gasteiger partial charge in [-0.1, -0.05) is 53.2 Å². The van der Waals surface area contributed by atoms with Gasteiger partial charge in [0.15, 0.2) is 11.0 Å². The van der Waals surface area contributed by atoms with Gasteiger partial charge in [-0.3, -0.25) is 9.36 Å². The SMILES string of the molecule is C=CCn1c(COc2ccc(F)c(Cl)c2)nnc1SCC(=O)Nc1ccccc1Cl. The Morgan fingerprint density at radius 2 is 2.03 bits per heavy atom. The number of ether oxygens (including phenoxy) is 1. The predicted octanol–water partition coefficient (Wildman–Crippen LogP) is 5.22. The molecule has 30 heavy (non-hydrogen) atoms. The smallest absolute Gasteiger partial charge is 0.234 e. The van der Waals surface area contributed by atoms with E-state index in [2.05, 4.69) is 22.1 Å². The zero-order valence-electron chi connectivity index (χ0n) is 15.6. The lowest BCUT2D eigenvalue weighted by Gasteiger charge is -2.10. The Hall–Kier alpha value is -2.55. The summed E-state index contributed by atoms with van der Waals surface area (Å²) in [7, 11) is 0. The molecule has 3 aromatic rings. The highest BCUT2D eigenvalue weighted by atomic mass is 35.5. The zero-order valence-corrected chi connectivity index (χ0v) is 18.0. The van der Waals surface area contributed by atoms with E-state index in [1.165, 1.54) is 30.0 Å². The number of thioether (sulfide) groups is 1. The summed E-state index contributed by atoms with van der Waals surface area (Å²) in [5.74, 6) is 0.314. The number of rotatable bonds is 9. The highest BCUT2D eigenvalue weighted by molar-refractivity contribution is 7.99. The highest BCUT2D eigenvalue weighted by Crippen LogP contribution is 2.24. The van der Waals surface area contributed by atoms with Gasteiger partial charge >= 0.3 is 0 Å². The average Bonchev–Trinajstić information content (AvgIpc) is 3.11. The molecule has 3 rings (SSSR count). The quantitative estimate of drug-likeness (QED) is 0.345. The van der Waals surface area contributed by atoms with Gasteiger partial charge in [0.25, 0.3) is 0 Å². The second kappa shape index (κ2) is 10.5. The summed E-state index contributed by atoms with van der Waals surface area (Å²) in [6.07, 6.45) is 1.69. The number of benzene rings is 2. The molecule has 10 heteroatoms. The Kier molecular flexibility index (Phi) is 7.73. The van der Waals surface area contributed by atoms with Gasteiger partial charge in [-0.05, 0) is 24.3 Å². The second-order valence-corrected chi connectivity index (χ2v) is 7.74. The summed E-state index contributed by atoms with van der Waals surface area (Å²) in [6.45, 7) is 4.27. The van der Waals surface area contributed by atoms with Crippen LogP contribution in [0.15, 0.2) is 60.3 Å². The molecular weight excluding hydrogens is 450 g/mol. The van der Waals surface area contributed by atoms with Crippen molar-refractivity contribution >= 4 is 46.6 Å². The van der Waals surface area contributed by atoms with Crippen molar-refractivity contribution in [2.24, 2.45) is 0 Å². The average molecular weight is 467 g/mol. The number of amides is 1. The lowest BCUT2D eigenvalue weighted by Crippen LogP contribution is -2.15. The van der Waals surface area contributed by atoms with Gasteiger partial charge in [0.2, 0.25) is 5.91 Å². The topological polar surface area (TPSA) is 69.0 Å². The largest absolute Gasteiger partial charge is 0.486 e. The lowest BCUT2D eigenvalue weighted by molar-refractivity contribution is -0.113. The van der Waals surface area contributed by atoms with Crippen LogP contribution in [-0.2, 0) is 17.9 Å². The molecular formula is C20H17Cl2FN4O2S. The highest BCUT2D eigenvalue weighted by Gasteiger charge is 2.15. The van der Waals surface area contributed by atoms with Crippen molar-refractivity contribution in [2.75, 3.05) is 11.1 Å². The van der Waals surface area contributed by atoms with Gasteiger partial charge in [0.05, 0.1) is 21.5 Å². The molecule has 0 radical (unpaired) electrons. The second-order valence-electron chi connectivity index (χ2n) is 5.98. The van der Waals surface area contributed by atoms with E-state index in [0.29, 0.717) is 34.0 Å². The number of carbonyl (C=O) groups is 1. The number of aromatic nitrogens is 3. The Labute approximate surface area is 187 Å². The molecule has 1 heterocycles. The maximum atomic E-state index is 13.3. The molecule has 0 bridgehead atoms. The van der Waals surface area contributed by atoms with Crippen molar-refractivity contribution in [3.05, 3.63) is 76.8 Å². The number of anilines is 1. The van der Waals surface area contributed by atoms with Crippen LogP contribution in [0.25, 0.3) is 0 Å². The van der Waals surface area contributed by atoms with Gasteiger partial charge in [0, 0.05) is 12.6 Å². The van der Waals surface area contributed by atoms with E-state index in [0.717, 1.165) is 0 Å². The van der Waals surface area contributed by atoms with Crippen LogP contribution in [0.3, 0.4) is 0 Å². The maximum Gasteiger partial charge on any atom is 0.234 e. The van der Waals surface area contributed by atoms with Gasteiger partial charge < -0.3 is 10.1 Å². The molecule has 0 fully saturated rings. The van der Waals surface area contributed by atoms with E-state index >= 15 is 0 Å². The van der Waals surface area contributed by atoms with Crippen molar-refractivity contribution in [2.45, 2.75) is 18.3 Å². The fraction of sp³-hybridized carbons (Fsp3) is 0.150. The minimum Gasteiger partial charge on any atom is -0.486 e. The van der Waals surface area contributed by atoms with Crippen LogP contribution < -0.4 is 10.1 Å². The van der Waals surface area contributed by atoms with Gasteiger partial charge in [0.1, 0.15) is 18.2 Å². The van der Waals surface area contributed by atoms with Crippen molar-refractivity contribution in [1.82, 2.24) is 14.8 Å². The van der Waals surface area contributed by atoms with Crippen LogP contribution in [0.1, 0.15) is 5.82 Å². The molecule has 0 aliphatic carbocycles. The zero-order chi connectivity index (χ0) is 21.5. The monoisotopic (exact) mass is 466 g/mol. The first-order valence-electron chi connectivity index (χ1n) is 8.76. The molecule has 1 aromatic heterocycles. The summed E-state index contributed by atoms with van der Waals surface area (Å²) in [6, 6.07) is 11.1. The minimum atomic E-state index is -0.521. The van der Waals surface area contributed by atoms with Gasteiger partial charge in [-0.25, -0.2) is 4.39 Å². The molecule has 0 aliphatic rings. The molecule has 0 saturated carbocycles. The van der Waals surface area contributed by atoms with E-state index in [1.807, 2.05) is 0 Å². The van der Waals surface area contributed by atoms with E-state index in [-0.39, 0.29) is 23.3 Å². The Morgan fingerprint density at radius 1 is 1.23 bits per heavy atom. The van der Waals surface area contributed by atoms with Crippen LogP contribution in [0.5, 0.6) is 5.75 Å². The Morgan fingerprint density at radius 3 is 2.77 bits per heavy atom. The van der Waals surface area contributed by atoms with Gasteiger partial charge in [-0.2, -0.15) is 0 Å². The number of hydrogen-bond acceptors (Lipinski definition) is 5. The van der Waals surface area contributed by atoms with Crippen LogP contribution in [0.4, 0.5) is 10.1 Å². The van der Waals surface area contributed by atoms with E-state index in [1.54, 1.807) is 34.9 Å². The maximum absolute atomic E-state index is 13.3. The summed E-state index contributed by atoms with van der Waals surface area (Å²) >= 11 is 13.1. The number of halogens is 3.